The summed E-state index contributed by atoms with van der Waals surface area (Å²) in [6, 6.07) is 5.81. The number of anilines is 1. The van der Waals surface area contributed by atoms with E-state index >= 15 is 0 Å². The highest BCUT2D eigenvalue weighted by molar-refractivity contribution is 6.33. The van der Waals surface area contributed by atoms with Gasteiger partial charge in [0.1, 0.15) is 0 Å². The number of nitrogens with two attached hydrogens (primary N) is 1. The van der Waals surface area contributed by atoms with Gasteiger partial charge in [-0.05, 0) is 41.8 Å². The van der Waals surface area contributed by atoms with Crippen molar-refractivity contribution < 1.29 is 0 Å². The zero-order valence-corrected chi connectivity index (χ0v) is 9.93. The average molecular weight is 250 g/mol. The Labute approximate surface area is 104 Å². The minimum absolute atomic E-state index is 0.385. The molecule has 88 valence electrons. The van der Waals surface area contributed by atoms with Gasteiger partial charge in [-0.25, -0.2) is 4.68 Å². The fraction of sp³-hybridized carbons (Fsp3) is 0.364. The van der Waals surface area contributed by atoms with Crippen LogP contribution in [0.25, 0.3) is 11.4 Å². The van der Waals surface area contributed by atoms with Crippen molar-refractivity contribution in [2.24, 2.45) is 0 Å². The van der Waals surface area contributed by atoms with Crippen LogP contribution in [0, 0.1) is 0 Å². The Morgan fingerprint density at radius 2 is 2.18 bits per heavy atom. The lowest BCUT2D eigenvalue weighted by molar-refractivity contribution is 0.287. The summed E-state index contributed by atoms with van der Waals surface area (Å²) in [5, 5.41) is 12.4. The van der Waals surface area contributed by atoms with Crippen molar-refractivity contribution in [3.63, 3.8) is 0 Å². The Morgan fingerprint density at radius 1 is 1.35 bits per heavy atom. The van der Waals surface area contributed by atoms with Crippen molar-refractivity contribution in [2.45, 2.75) is 25.3 Å². The minimum atomic E-state index is 0.385. The Balaban J connectivity index is 2.12. The number of hydrogen-bond donors (Lipinski definition) is 1. The molecule has 0 bridgehead atoms. The molecule has 0 amide bonds. The molecule has 0 radical (unpaired) electrons. The van der Waals surface area contributed by atoms with Crippen LogP contribution in [-0.2, 0) is 0 Å². The van der Waals surface area contributed by atoms with Crippen LogP contribution < -0.4 is 5.73 Å². The number of tetrazole rings is 1. The first kappa shape index (κ1) is 10.5. The van der Waals surface area contributed by atoms with E-state index in [1.807, 2.05) is 10.7 Å². The van der Waals surface area contributed by atoms with Crippen LogP contribution >= 0.6 is 11.6 Å². The Morgan fingerprint density at radius 3 is 2.82 bits per heavy atom. The van der Waals surface area contributed by atoms with Gasteiger partial charge in [0.15, 0.2) is 5.82 Å². The highest BCUT2D eigenvalue weighted by Gasteiger charge is 2.25. The Kier molecular flexibility index (Phi) is 2.48. The molecule has 0 saturated heterocycles. The van der Waals surface area contributed by atoms with Gasteiger partial charge in [-0.3, -0.25) is 0 Å². The van der Waals surface area contributed by atoms with Gasteiger partial charge in [-0.2, -0.15) is 0 Å². The first-order chi connectivity index (χ1) is 8.27. The normalized spacial score (nSPS) is 15.8. The van der Waals surface area contributed by atoms with Crippen LogP contribution in [0.5, 0.6) is 0 Å². The summed E-state index contributed by atoms with van der Waals surface area (Å²) in [6.45, 7) is 0. The average Bonchev–Trinajstić information content (AvgIpc) is 2.64. The summed E-state index contributed by atoms with van der Waals surface area (Å²) < 4.78 is 1.83. The van der Waals surface area contributed by atoms with Gasteiger partial charge >= 0.3 is 0 Å². The van der Waals surface area contributed by atoms with Gasteiger partial charge in [0.2, 0.25) is 0 Å². The first-order valence-electron chi connectivity index (χ1n) is 5.59. The van der Waals surface area contributed by atoms with Crippen LogP contribution in [0.1, 0.15) is 25.3 Å². The zero-order valence-electron chi connectivity index (χ0n) is 9.17. The highest BCUT2D eigenvalue weighted by Crippen LogP contribution is 2.37. The molecule has 1 aliphatic rings. The maximum Gasteiger partial charge on any atom is 0.185 e. The maximum absolute atomic E-state index is 6.17. The number of nitrogens with zero attached hydrogens (tertiary/aromatic N) is 4. The van der Waals surface area contributed by atoms with E-state index in [2.05, 4.69) is 15.5 Å². The second kappa shape index (κ2) is 4.00. The second-order valence-electron chi connectivity index (χ2n) is 4.24. The van der Waals surface area contributed by atoms with Crippen LogP contribution in [0.4, 0.5) is 5.69 Å². The van der Waals surface area contributed by atoms with Crippen LogP contribution in [0.2, 0.25) is 5.02 Å². The lowest BCUT2D eigenvalue weighted by atomic mass is 9.93. The summed E-state index contributed by atoms with van der Waals surface area (Å²) in [7, 11) is 0. The van der Waals surface area contributed by atoms with Crippen LogP contribution in [-0.4, -0.2) is 20.2 Å². The van der Waals surface area contributed by atoms with Crippen molar-refractivity contribution >= 4 is 17.3 Å². The minimum Gasteiger partial charge on any atom is -0.398 e. The fourth-order valence-electron chi connectivity index (χ4n) is 2.01. The van der Waals surface area contributed by atoms with Gasteiger partial charge in [0, 0.05) is 5.69 Å². The molecule has 5 nitrogen and oxygen atoms in total. The molecule has 1 heterocycles. The molecule has 0 spiro atoms. The van der Waals surface area contributed by atoms with Gasteiger partial charge in [0.25, 0.3) is 0 Å². The van der Waals surface area contributed by atoms with Crippen molar-refractivity contribution in [3.8, 4) is 11.4 Å². The molecule has 17 heavy (non-hydrogen) atoms. The highest BCUT2D eigenvalue weighted by atomic mass is 35.5. The van der Waals surface area contributed by atoms with Gasteiger partial charge in [-0.1, -0.05) is 17.7 Å². The molecule has 0 aliphatic heterocycles. The number of halogens is 1. The maximum atomic E-state index is 6.17. The quantitative estimate of drug-likeness (QED) is 0.829. The summed E-state index contributed by atoms with van der Waals surface area (Å²) >= 11 is 6.17. The Hall–Kier alpha value is -1.62. The molecule has 1 saturated carbocycles. The van der Waals surface area contributed by atoms with Crippen molar-refractivity contribution in [1.82, 2.24) is 20.2 Å². The Bertz CT molecular complexity index is 526. The van der Waals surface area contributed by atoms with E-state index in [1.165, 1.54) is 6.42 Å². The van der Waals surface area contributed by atoms with Crippen LogP contribution in [0.3, 0.4) is 0 Å². The largest absolute Gasteiger partial charge is 0.398 e. The number of aromatic nitrogens is 4. The molecule has 3 rings (SSSR count). The molecule has 0 atom stereocenters. The summed E-state index contributed by atoms with van der Waals surface area (Å²) in [5.41, 5.74) is 7.28. The zero-order chi connectivity index (χ0) is 11.8. The van der Waals surface area contributed by atoms with Crippen molar-refractivity contribution in [1.29, 1.82) is 0 Å². The molecule has 1 aromatic heterocycles. The summed E-state index contributed by atoms with van der Waals surface area (Å²) in [4.78, 5) is 0. The molecule has 1 fully saturated rings. The van der Waals surface area contributed by atoms with Gasteiger partial charge < -0.3 is 5.73 Å². The molecular formula is C11H12ClN5. The summed E-state index contributed by atoms with van der Waals surface area (Å²) in [5.74, 6) is 0.665. The molecule has 0 unspecified atom stereocenters. The number of hydrogen-bond acceptors (Lipinski definition) is 4. The van der Waals surface area contributed by atoms with E-state index in [9.17, 15) is 0 Å². The molecule has 6 heteroatoms. The molecule has 1 aromatic carbocycles. The van der Waals surface area contributed by atoms with Crippen molar-refractivity contribution in [3.05, 3.63) is 23.2 Å². The van der Waals surface area contributed by atoms with Crippen LogP contribution in [0.15, 0.2) is 18.2 Å². The van der Waals surface area contributed by atoms with E-state index in [-0.39, 0.29) is 0 Å². The monoisotopic (exact) mass is 249 g/mol. The second-order valence-corrected chi connectivity index (χ2v) is 4.64. The predicted octanol–water partition coefficient (Wildman–Crippen LogP) is 2.30. The van der Waals surface area contributed by atoms with Gasteiger partial charge in [0.05, 0.1) is 16.6 Å². The molecular weight excluding hydrogens is 238 g/mol. The topological polar surface area (TPSA) is 69.6 Å². The third-order valence-electron chi connectivity index (χ3n) is 3.18. The summed E-state index contributed by atoms with van der Waals surface area (Å²) in [6.07, 6.45) is 3.45. The smallest absolute Gasteiger partial charge is 0.185 e. The number of nitrogen functional groups attached to an aromatic ring is 1. The van der Waals surface area contributed by atoms with E-state index < -0.39 is 0 Å². The SMILES string of the molecule is Nc1cccc(Cl)c1-c1nnnn1C1CCC1. The molecule has 2 N–H and O–H groups in total. The van der Waals surface area contributed by atoms with E-state index in [4.69, 9.17) is 17.3 Å². The lowest BCUT2D eigenvalue weighted by Gasteiger charge is -2.26. The molecule has 2 aromatic rings. The number of rotatable bonds is 2. The van der Waals surface area contributed by atoms with E-state index in [1.54, 1.807) is 12.1 Å². The first-order valence-corrected chi connectivity index (χ1v) is 5.97. The molecule has 1 aliphatic carbocycles. The van der Waals surface area contributed by atoms with E-state index in [0.717, 1.165) is 18.4 Å². The third kappa shape index (κ3) is 1.67. The lowest BCUT2D eigenvalue weighted by Crippen LogP contribution is -2.19. The number of benzene rings is 1. The van der Waals surface area contributed by atoms with Crippen molar-refractivity contribution in [2.75, 3.05) is 5.73 Å². The third-order valence-corrected chi connectivity index (χ3v) is 3.50. The predicted molar refractivity (Wildman–Crippen MR) is 65.6 cm³/mol. The van der Waals surface area contributed by atoms with E-state index in [0.29, 0.717) is 22.6 Å². The fourth-order valence-corrected chi connectivity index (χ4v) is 2.28. The van der Waals surface area contributed by atoms with Gasteiger partial charge in [-0.15, -0.1) is 5.10 Å². The standard InChI is InChI=1S/C11H12ClN5/c12-8-5-2-6-9(13)10(8)11-14-15-16-17(11)7-3-1-4-7/h2,5-7H,1,3-4,13H2.